The van der Waals surface area contributed by atoms with Gasteiger partial charge in [-0.15, -0.1) is 5.10 Å². The highest BCUT2D eigenvalue weighted by atomic mass is 16.1. The number of fused-ring (bicyclic) bond motifs is 1. The fraction of sp³-hybridized carbons (Fsp3) is 0.353. The highest BCUT2D eigenvalue weighted by Gasteiger charge is 2.34. The number of aromatic nitrogens is 5. The van der Waals surface area contributed by atoms with Gasteiger partial charge in [-0.25, -0.2) is 4.68 Å². The largest absolute Gasteiger partial charge is 0.322 e. The number of nitrogens with zero attached hydrogens (tertiary/aromatic N) is 5. The van der Waals surface area contributed by atoms with E-state index in [-0.39, 0.29) is 11.1 Å². The molecule has 2 aromatic heterocycles. The predicted molar refractivity (Wildman–Crippen MR) is 165 cm³/mol. The van der Waals surface area contributed by atoms with E-state index in [2.05, 4.69) is 121 Å². The van der Waals surface area contributed by atoms with Crippen molar-refractivity contribution in [1.82, 2.24) is 30.1 Å². The molecule has 1 N–H and O–H groups in total. The van der Waals surface area contributed by atoms with Crippen molar-refractivity contribution >= 4 is 10.9 Å². The zero-order valence-electron chi connectivity index (χ0n) is 24.9. The highest BCUT2D eigenvalue weighted by Crippen LogP contribution is 2.33. The van der Waals surface area contributed by atoms with Crippen molar-refractivity contribution < 1.29 is 0 Å². The molecule has 0 radical (unpaired) electrons. The van der Waals surface area contributed by atoms with E-state index in [4.69, 9.17) is 0 Å². The van der Waals surface area contributed by atoms with Gasteiger partial charge in [-0.05, 0) is 83.3 Å². The molecule has 1 atom stereocenters. The Morgan fingerprint density at radius 2 is 1.61 bits per heavy atom. The number of aromatic amines is 1. The number of rotatable bonds is 10. The number of benzene rings is 3. The van der Waals surface area contributed by atoms with Gasteiger partial charge >= 0.3 is 0 Å². The molecule has 0 spiro atoms. The SMILES string of the molecule is CCC(C)(C)n1nnnc1[C@H](c1cc2ccc(C)cc2[nH]c1=O)N(Cc1ccccc1)Cc1ccc(C(C)C)cc1. The molecule has 0 saturated carbocycles. The molecule has 5 rings (SSSR count). The number of hydrogen-bond donors (Lipinski definition) is 1. The van der Waals surface area contributed by atoms with E-state index in [1.807, 2.05) is 29.8 Å². The quantitative estimate of drug-likeness (QED) is 0.206. The average Bonchev–Trinajstić information content (AvgIpc) is 3.45. The molecule has 2 heterocycles. The van der Waals surface area contributed by atoms with Crippen LogP contribution in [0.4, 0.5) is 0 Å². The van der Waals surface area contributed by atoms with E-state index < -0.39 is 6.04 Å². The summed E-state index contributed by atoms with van der Waals surface area (Å²) < 4.78 is 1.90. The first-order valence-corrected chi connectivity index (χ1v) is 14.5. The van der Waals surface area contributed by atoms with Crippen LogP contribution in [-0.4, -0.2) is 30.1 Å². The lowest BCUT2D eigenvalue weighted by Crippen LogP contribution is -2.38. The fourth-order valence-corrected chi connectivity index (χ4v) is 5.28. The zero-order valence-corrected chi connectivity index (χ0v) is 24.9. The van der Waals surface area contributed by atoms with Crippen LogP contribution >= 0.6 is 0 Å². The van der Waals surface area contributed by atoms with Crippen LogP contribution in [0.1, 0.15) is 86.6 Å². The first-order chi connectivity index (χ1) is 19.7. The van der Waals surface area contributed by atoms with Gasteiger partial charge in [0.05, 0.1) is 5.54 Å². The molecule has 5 aromatic rings. The Morgan fingerprint density at radius 3 is 2.27 bits per heavy atom. The summed E-state index contributed by atoms with van der Waals surface area (Å²) in [5.74, 6) is 1.11. The molecule has 0 bridgehead atoms. The topological polar surface area (TPSA) is 79.7 Å². The van der Waals surface area contributed by atoms with Gasteiger partial charge in [0.1, 0.15) is 6.04 Å². The van der Waals surface area contributed by atoms with Gasteiger partial charge in [-0.1, -0.05) is 87.5 Å². The van der Waals surface area contributed by atoms with E-state index >= 15 is 0 Å². The Labute approximate surface area is 242 Å². The molecule has 3 aromatic carbocycles. The van der Waals surface area contributed by atoms with Crippen LogP contribution in [0, 0.1) is 6.92 Å². The van der Waals surface area contributed by atoms with Gasteiger partial charge in [0.15, 0.2) is 5.82 Å². The summed E-state index contributed by atoms with van der Waals surface area (Å²) >= 11 is 0. The van der Waals surface area contributed by atoms with Gasteiger partial charge in [-0.3, -0.25) is 9.69 Å². The predicted octanol–water partition coefficient (Wildman–Crippen LogP) is 6.88. The number of H-pyrrole nitrogens is 1. The Morgan fingerprint density at radius 1 is 0.927 bits per heavy atom. The third-order valence-electron chi connectivity index (χ3n) is 8.13. The molecule has 212 valence electrons. The minimum Gasteiger partial charge on any atom is -0.322 e. The standard InChI is InChI=1S/C34H40N6O/c1-7-34(5,6)40-32(36-37-38-40)31(29-20-28-16-13-24(4)19-30(28)35-33(29)41)39(21-25-11-9-8-10-12-25)22-26-14-17-27(18-15-26)23(2)3/h8-20,23,31H,7,21-22H2,1-6H3,(H,35,41)/t31-/m0/s1. The van der Waals surface area contributed by atoms with Gasteiger partial charge in [-0.2, -0.15) is 0 Å². The Bertz CT molecular complexity index is 1670. The molecular weight excluding hydrogens is 508 g/mol. The second kappa shape index (κ2) is 11.8. The van der Waals surface area contributed by atoms with Crippen molar-refractivity contribution in [2.75, 3.05) is 0 Å². The monoisotopic (exact) mass is 548 g/mol. The molecule has 0 aliphatic heterocycles. The molecule has 0 fully saturated rings. The maximum absolute atomic E-state index is 13.9. The molecule has 41 heavy (non-hydrogen) atoms. The summed E-state index contributed by atoms with van der Waals surface area (Å²) in [4.78, 5) is 19.4. The molecule has 7 nitrogen and oxygen atoms in total. The third kappa shape index (κ3) is 6.15. The van der Waals surface area contributed by atoms with E-state index in [0.29, 0.717) is 30.4 Å². The summed E-state index contributed by atoms with van der Waals surface area (Å²) in [7, 11) is 0. The van der Waals surface area contributed by atoms with Crippen LogP contribution in [0.3, 0.4) is 0 Å². The van der Waals surface area contributed by atoms with Crippen molar-refractivity contribution in [3.63, 3.8) is 0 Å². The van der Waals surface area contributed by atoms with Gasteiger partial charge in [0.2, 0.25) is 0 Å². The first kappa shape index (κ1) is 28.4. The van der Waals surface area contributed by atoms with E-state index in [9.17, 15) is 4.79 Å². The normalized spacial score (nSPS) is 12.9. The van der Waals surface area contributed by atoms with E-state index in [0.717, 1.165) is 34.0 Å². The van der Waals surface area contributed by atoms with Gasteiger partial charge in [0.25, 0.3) is 5.56 Å². The minimum absolute atomic E-state index is 0.134. The Kier molecular flexibility index (Phi) is 8.18. The molecular formula is C34H40N6O. The van der Waals surface area contributed by atoms with Gasteiger partial charge < -0.3 is 4.98 Å². The summed E-state index contributed by atoms with van der Waals surface area (Å²) in [6.45, 7) is 14.0. The summed E-state index contributed by atoms with van der Waals surface area (Å²) in [5, 5.41) is 14.2. The summed E-state index contributed by atoms with van der Waals surface area (Å²) in [5.41, 5.74) is 5.69. The second-order valence-electron chi connectivity index (χ2n) is 11.9. The molecule has 7 heteroatoms. The second-order valence-corrected chi connectivity index (χ2v) is 11.9. The average molecular weight is 549 g/mol. The zero-order chi connectivity index (χ0) is 29.1. The number of aryl methyl sites for hydroxylation is 1. The Balaban J connectivity index is 1.71. The van der Waals surface area contributed by atoms with Crippen LogP contribution in [0.15, 0.2) is 83.7 Å². The lowest BCUT2D eigenvalue weighted by atomic mass is 9.97. The first-order valence-electron chi connectivity index (χ1n) is 14.5. The molecule has 0 aliphatic carbocycles. The maximum atomic E-state index is 13.9. The summed E-state index contributed by atoms with van der Waals surface area (Å²) in [6, 6.07) is 26.8. The van der Waals surface area contributed by atoms with Crippen molar-refractivity contribution in [3.05, 3.63) is 123 Å². The molecule has 0 saturated heterocycles. The number of pyridine rings is 1. The Hall–Kier alpha value is -4.10. The molecule has 0 unspecified atom stereocenters. The van der Waals surface area contributed by atoms with E-state index in [1.54, 1.807) is 0 Å². The smallest absolute Gasteiger partial charge is 0.253 e. The van der Waals surface area contributed by atoms with Crippen molar-refractivity contribution in [2.45, 2.75) is 78.6 Å². The highest BCUT2D eigenvalue weighted by molar-refractivity contribution is 5.79. The lowest BCUT2D eigenvalue weighted by molar-refractivity contribution is 0.180. The molecule has 0 amide bonds. The molecule has 0 aliphatic rings. The van der Waals surface area contributed by atoms with Crippen molar-refractivity contribution in [1.29, 1.82) is 0 Å². The fourth-order valence-electron chi connectivity index (χ4n) is 5.28. The van der Waals surface area contributed by atoms with Crippen LogP contribution < -0.4 is 5.56 Å². The number of tetrazole rings is 1. The van der Waals surface area contributed by atoms with E-state index in [1.165, 1.54) is 5.56 Å². The lowest BCUT2D eigenvalue weighted by Gasteiger charge is -2.33. The van der Waals surface area contributed by atoms with Crippen LogP contribution in [0.5, 0.6) is 0 Å². The maximum Gasteiger partial charge on any atom is 0.253 e. The minimum atomic E-state index is -0.491. The van der Waals surface area contributed by atoms with Crippen LogP contribution in [0.25, 0.3) is 10.9 Å². The van der Waals surface area contributed by atoms with Crippen molar-refractivity contribution in [3.8, 4) is 0 Å². The third-order valence-corrected chi connectivity index (χ3v) is 8.13. The van der Waals surface area contributed by atoms with Gasteiger partial charge in [0, 0.05) is 24.2 Å². The van der Waals surface area contributed by atoms with Crippen molar-refractivity contribution in [2.24, 2.45) is 0 Å². The number of nitrogens with one attached hydrogen (secondary N) is 1. The van der Waals surface area contributed by atoms with Crippen LogP contribution in [-0.2, 0) is 18.6 Å². The number of hydrogen-bond acceptors (Lipinski definition) is 5. The summed E-state index contributed by atoms with van der Waals surface area (Å²) in [6.07, 6.45) is 0.834. The van der Waals surface area contributed by atoms with Crippen LogP contribution in [0.2, 0.25) is 0 Å².